The third-order valence-electron chi connectivity index (χ3n) is 5.63. The molecule has 3 N–H and O–H groups in total. The van der Waals surface area contributed by atoms with E-state index in [1.165, 1.54) is 0 Å². The van der Waals surface area contributed by atoms with E-state index in [9.17, 15) is 18.0 Å². The lowest BCUT2D eigenvalue weighted by molar-refractivity contribution is -0.144. The van der Waals surface area contributed by atoms with Crippen LogP contribution < -0.4 is 15.7 Å². The number of benzene rings is 1. The van der Waals surface area contributed by atoms with Crippen molar-refractivity contribution in [2.75, 3.05) is 30.0 Å². The number of hydroxylamine groups is 1. The molecule has 1 aliphatic heterocycles. The summed E-state index contributed by atoms with van der Waals surface area (Å²) in [6, 6.07) is 5.88. The maximum Gasteiger partial charge on any atom is 0.452 e. The molecule has 1 aromatic carbocycles. The number of aromatic nitrogens is 2. The molecule has 1 fully saturated rings. The van der Waals surface area contributed by atoms with Crippen molar-refractivity contribution in [2.45, 2.75) is 58.2 Å². The lowest BCUT2D eigenvalue weighted by Crippen LogP contribution is -2.42. The van der Waals surface area contributed by atoms with E-state index in [2.05, 4.69) is 33.4 Å². The number of alkyl halides is 3. The van der Waals surface area contributed by atoms with Gasteiger partial charge in [0.25, 0.3) is 0 Å². The van der Waals surface area contributed by atoms with Crippen LogP contribution in [0.25, 0.3) is 0 Å². The Morgan fingerprint density at radius 3 is 2.59 bits per heavy atom. The molecule has 188 valence electrons. The van der Waals surface area contributed by atoms with Gasteiger partial charge in [0, 0.05) is 43.8 Å². The molecule has 0 saturated carbocycles. The molecular formula is C22H30F3N5O3S. The molecule has 0 spiro atoms. The van der Waals surface area contributed by atoms with Crippen LogP contribution in [0.5, 0.6) is 0 Å². The first-order valence-electron chi connectivity index (χ1n) is 11.2. The Morgan fingerprint density at radius 2 is 2.00 bits per heavy atom. The van der Waals surface area contributed by atoms with Crippen molar-refractivity contribution in [2.24, 2.45) is 5.92 Å². The van der Waals surface area contributed by atoms with Gasteiger partial charge in [0.1, 0.15) is 0 Å². The van der Waals surface area contributed by atoms with Crippen molar-refractivity contribution < 1.29 is 27.9 Å². The quantitative estimate of drug-likeness (QED) is 0.331. The van der Waals surface area contributed by atoms with Crippen LogP contribution in [-0.4, -0.2) is 46.3 Å². The van der Waals surface area contributed by atoms with Gasteiger partial charge in [-0.1, -0.05) is 26.8 Å². The Balaban J connectivity index is 2.00. The zero-order chi connectivity index (χ0) is 24.9. The third-order valence-corrected chi connectivity index (χ3v) is 6.26. The number of anilines is 3. The molecule has 1 aliphatic rings. The van der Waals surface area contributed by atoms with Crippen LogP contribution in [0.2, 0.25) is 0 Å². The van der Waals surface area contributed by atoms with Gasteiger partial charge in [-0.2, -0.15) is 22.5 Å². The molecule has 0 bridgehead atoms. The summed E-state index contributed by atoms with van der Waals surface area (Å²) in [7, 11) is 0. The molecule has 12 heteroatoms. The minimum atomic E-state index is -4.63. The topological polar surface area (TPSA) is 99.6 Å². The summed E-state index contributed by atoms with van der Waals surface area (Å²) in [5.41, 5.74) is 3.86. The number of carbonyl (C=O) groups is 1. The molecule has 1 unspecified atom stereocenters. The Hall–Kier alpha value is -2.44. The van der Waals surface area contributed by atoms with E-state index in [1.807, 2.05) is 25.1 Å². The lowest BCUT2D eigenvalue weighted by Gasteiger charge is -2.38. The first kappa shape index (κ1) is 26.2. The molecule has 1 amide bonds. The van der Waals surface area contributed by atoms with Crippen LogP contribution in [0.3, 0.4) is 0 Å². The fourth-order valence-corrected chi connectivity index (χ4v) is 4.59. The van der Waals surface area contributed by atoms with Crippen LogP contribution in [0, 0.1) is 5.92 Å². The molecule has 2 heterocycles. The van der Waals surface area contributed by atoms with Crippen molar-refractivity contribution in [1.29, 1.82) is 0 Å². The Bertz CT molecular complexity index is 964. The lowest BCUT2D eigenvalue weighted by atomic mass is 9.95. The normalized spacial score (nSPS) is 15.9. The average Bonchev–Trinajstić information content (AvgIpc) is 3.27. The number of nitrogens with zero attached hydrogens (tertiary/aromatic N) is 3. The number of halogens is 3. The number of hydrogen-bond acceptors (Lipinski definition) is 8. The minimum absolute atomic E-state index is 0.0305. The highest BCUT2D eigenvalue weighted by Gasteiger charge is 2.36. The minimum Gasteiger partial charge on any atom is -0.381 e. The number of ether oxygens (including phenoxy) is 1. The van der Waals surface area contributed by atoms with Crippen LogP contribution >= 0.6 is 11.5 Å². The zero-order valence-electron chi connectivity index (χ0n) is 19.4. The molecule has 2 aromatic rings. The van der Waals surface area contributed by atoms with E-state index in [0.29, 0.717) is 36.4 Å². The van der Waals surface area contributed by atoms with E-state index in [-0.39, 0.29) is 23.5 Å². The maximum atomic E-state index is 13.0. The zero-order valence-corrected chi connectivity index (χ0v) is 20.2. The molecule has 1 aromatic heterocycles. The Kier molecular flexibility index (Phi) is 8.72. The standard InChI is InChI=1S/C22H30F3N5O3S/c1-13(2)12-30(16-6-8-33-9-7-16)18-5-4-15(14(3)10-19(31)28-32)11-17(18)26-21-27-20(29-34-21)22(23,24)25/h4-5,11,13-14,16,32H,6-10,12H2,1-3H3,(H,28,31)(H,26,27,29). The van der Waals surface area contributed by atoms with E-state index in [4.69, 9.17) is 9.94 Å². The Labute approximate surface area is 200 Å². The van der Waals surface area contributed by atoms with Gasteiger partial charge in [0.2, 0.25) is 16.9 Å². The SMILES string of the molecule is CC(C)CN(c1ccc(C(C)CC(=O)NO)cc1Nc1nc(C(F)(F)F)ns1)C1CCOCC1. The van der Waals surface area contributed by atoms with Gasteiger partial charge in [-0.05, 0) is 42.4 Å². The largest absolute Gasteiger partial charge is 0.452 e. The van der Waals surface area contributed by atoms with Crippen molar-refractivity contribution in [3.8, 4) is 0 Å². The fourth-order valence-electron chi connectivity index (χ4n) is 3.99. The highest BCUT2D eigenvalue weighted by molar-refractivity contribution is 7.09. The fraction of sp³-hybridized carbons (Fsp3) is 0.591. The second-order valence-electron chi connectivity index (χ2n) is 8.85. The third kappa shape index (κ3) is 6.80. The number of rotatable bonds is 9. The number of amides is 1. The van der Waals surface area contributed by atoms with Gasteiger partial charge < -0.3 is 15.0 Å². The molecular weight excluding hydrogens is 471 g/mol. The predicted molar refractivity (Wildman–Crippen MR) is 124 cm³/mol. The first-order chi connectivity index (χ1) is 16.1. The van der Waals surface area contributed by atoms with E-state index >= 15 is 0 Å². The molecule has 8 nitrogen and oxygen atoms in total. The smallest absolute Gasteiger partial charge is 0.381 e. The molecule has 0 radical (unpaired) electrons. The summed E-state index contributed by atoms with van der Waals surface area (Å²) in [4.78, 5) is 17.5. The number of nitrogens with one attached hydrogen (secondary N) is 2. The average molecular weight is 502 g/mol. The molecule has 1 saturated heterocycles. The van der Waals surface area contributed by atoms with Crippen LogP contribution in [0.4, 0.5) is 29.7 Å². The summed E-state index contributed by atoms with van der Waals surface area (Å²) in [5, 5.41) is 11.9. The Morgan fingerprint density at radius 1 is 1.29 bits per heavy atom. The van der Waals surface area contributed by atoms with E-state index < -0.39 is 17.9 Å². The van der Waals surface area contributed by atoms with Gasteiger partial charge in [-0.15, -0.1) is 0 Å². The van der Waals surface area contributed by atoms with Crippen molar-refractivity contribution in [3.63, 3.8) is 0 Å². The van der Waals surface area contributed by atoms with E-state index in [1.54, 1.807) is 5.48 Å². The summed E-state index contributed by atoms with van der Waals surface area (Å²) >= 11 is 0.642. The monoisotopic (exact) mass is 501 g/mol. The van der Waals surface area contributed by atoms with Gasteiger partial charge in [0.15, 0.2) is 0 Å². The van der Waals surface area contributed by atoms with E-state index in [0.717, 1.165) is 30.6 Å². The second-order valence-corrected chi connectivity index (χ2v) is 9.60. The van der Waals surface area contributed by atoms with Gasteiger partial charge >= 0.3 is 6.18 Å². The van der Waals surface area contributed by atoms with Crippen molar-refractivity contribution >= 4 is 33.9 Å². The number of hydrogen-bond donors (Lipinski definition) is 3. The first-order valence-corrected chi connectivity index (χ1v) is 11.9. The van der Waals surface area contributed by atoms with Crippen LogP contribution in [0.15, 0.2) is 18.2 Å². The van der Waals surface area contributed by atoms with Crippen molar-refractivity contribution in [3.05, 3.63) is 29.6 Å². The summed E-state index contributed by atoms with van der Waals surface area (Å²) < 4.78 is 48.1. The predicted octanol–water partition coefficient (Wildman–Crippen LogP) is 4.94. The summed E-state index contributed by atoms with van der Waals surface area (Å²) in [6.45, 7) is 8.13. The molecule has 3 rings (SSSR count). The van der Waals surface area contributed by atoms with Gasteiger partial charge in [-0.25, -0.2) is 5.48 Å². The van der Waals surface area contributed by atoms with Crippen LogP contribution in [-0.2, 0) is 15.7 Å². The summed E-state index contributed by atoms with van der Waals surface area (Å²) in [6.07, 6.45) is -2.88. The number of carbonyl (C=O) groups excluding carboxylic acids is 1. The van der Waals surface area contributed by atoms with Crippen LogP contribution in [0.1, 0.15) is 57.3 Å². The van der Waals surface area contributed by atoms with Gasteiger partial charge in [-0.3, -0.25) is 10.0 Å². The van der Waals surface area contributed by atoms with Gasteiger partial charge in [0.05, 0.1) is 11.4 Å². The highest BCUT2D eigenvalue weighted by Crippen LogP contribution is 2.37. The molecule has 1 atom stereocenters. The second kappa shape index (κ2) is 11.3. The van der Waals surface area contributed by atoms with Crippen molar-refractivity contribution in [1.82, 2.24) is 14.8 Å². The maximum absolute atomic E-state index is 13.0. The highest BCUT2D eigenvalue weighted by atomic mass is 32.1. The molecule has 34 heavy (non-hydrogen) atoms. The molecule has 0 aliphatic carbocycles. The summed E-state index contributed by atoms with van der Waals surface area (Å²) in [5.74, 6) is -1.59.